The summed E-state index contributed by atoms with van der Waals surface area (Å²) in [6, 6.07) is 11.7. The van der Waals surface area contributed by atoms with Gasteiger partial charge in [0.2, 0.25) is 0 Å². The number of benzene rings is 2. The van der Waals surface area contributed by atoms with E-state index in [9.17, 15) is 32.3 Å². The molecule has 38 heavy (non-hydrogen) atoms. The highest BCUT2D eigenvalue weighted by atomic mass is 19.4. The number of carboxylic acids is 1. The van der Waals surface area contributed by atoms with Gasteiger partial charge in [0.05, 0.1) is 13.2 Å². The Kier molecular flexibility index (Phi) is 12.8. The number of carbonyl (C=O) groups excluding carboxylic acids is 1. The molecule has 1 N–H and O–H groups in total. The summed E-state index contributed by atoms with van der Waals surface area (Å²) in [5.74, 6) is -1.17. The largest absolute Gasteiger partial charge is 0.492 e. The van der Waals surface area contributed by atoms with Crippen molar-refractivity contribution in [1.82, 2.24) is 4.90 Å². The average molecular weight is 546 g/mol. The van der Waals surface area contributed by atoms with Crippen LogP contribution in [-0.2, 0) is 20.7 Å². The maximum absolute atomic E-state index is 13.4. The number of halogens is 4. The van der Waals surface area contributed by atoms with Crippen LogP contribution in [-0.4, -0.2) is 73.9 Å². The summed E-state index contributed by atoms with van der Waals surface area (Å²) in [6.07, 6.45) is -7.00. The third-order valence-corrected chi connectivity index (χ3v) is 5.13. The van der Waals surface area contributed by atoms with E-state index in [1.807, 2.05) is 0 Å². The molecule has 0 aromatic heterocycles. The van der Waals surface area contributed by atoms with Crippen molar-refractivity contribution >= 4 is 12.1 Å². The van der Waals surface area contributed by atoms with Gasteiger partial charge in [-0.3, -0.25) is 0 Å². The first-order valence-corrected chi connectivity index (χ1v) is 12.0. The molecular formula is C26H31F4NO7. The molecule has 12 heteroatoms. The van der Waals surface area contributed by atoms with E-state index < -0.39 is 36.6 Å². The zero-order chi connectivity index (χ0) is 28.0. The molecule has 8 nitrogen and oxygen atoms in total. The smallest absolute Gasteiger partial charge is 0.415 e. The normalized spacial score (nSPS) is 12.1. The minimum absolute atomic E-state index is 0.00526. The van der Waals surface area contributed by atoms with Gasteiger partial charge in [-0.05, 0) is 43.2 Å². The van der Waals surface area contributed by atoms with Crippen LogP contribution in [0.1, 0.15) is 25.3 Å². The number of alkyl halides is 3. The lowest BCUT2D eigenvalue weighted by Gasteiger charge is -2.22. The average Bonchev–Trinajstić information content (AvgIpc) is 2.85. The van der Waals surface area contributed by atoms with Crippen molar-refractivity contribution in [1.29, 1.82) is 0 Å². The van der Waals surface area contributed by atoms with Crippen LogP contribution in [0.2, 0.25) is 0 Å². The highest BCUT2D eigenvalue weighted by Crippen LogP contribution is 2.21. The number of hydrogen-bond donors (Lipinski definition) is 1. The van der Waals surface area contributed by atoms with E-state index in [1.54, 1.807) is 31.2 Å². The third-order valence-electron chi connectivity index (χ3n) is 5.13. The summed E-state index contributed by atoms with van der Waals surface area (Å²) in [7, 11) is 0. The van der Waals surface area contributed by atoms with E-state index in [0.717, 1.165) is 11.6 Å². The van der Waals surface area contributed by atoms with Crippen molar-refractivity contribution in [3.05, 3.63) is 59.9 Å². The molecule has 2 aromatic carbocycles. The molecule has 0 heterocycles. The Morgan fingerprint density at radius 1 is 1.00 bits per heavy atom. The standard InChI is InChI=1S/C26H31F4NO7/c1-2-36-23(24(32)33)17-19-7-9-21(10-8-19)37-16-13-31(12-15-35-14-4-11-26(28,29)30)25(34)38-22-6-3-5-20(27)18-22/h3,5-10,18,23H,2,4,11-17H2,1H3,(H,32,33). The van der Waals surface area contributed by atoms with Gasteiger partial charge in [-0.25, -0.2) is 14.0 Å². The lowest BCUT2D eigenvalue weighted by molar-refractivity contribution is -0.150. The zero-order valence-corrected chi connectivity index (χ0v) is 20.9. The van der Waals surface area contributed by atoms with Crippen molar-refractivity contribution in [3.8, 4) is 11.5 Å². The van der Waals surface area contributed by atoms with Crippen molar-refractivity contribution in [2.45, 2.75) is 38.5 Å². The van der Waals surface area contributed by atoms with Crippen molar-refractivity contribution in [2.75, 3.05) is 39.5 Å². The summed E-state index contributed by atoms with van der Waals surface area (Å²) < 4.78 is 71.5. The van der Waals surface area contributed by atoms with E-state index >= 15 is 0 Å². The number of rotatable bonds is 16. The summed E-state index contributed by atoms with van der Waals surface area (Å²) in [5, 5.41) is 9.21. The van der Waals surface area contributed by atoms with Crippen molar-refractivity contribution in [3.63, 3.8) is 0 Å². The first-order valence-electron chi connectivity index (χ1n) is 12.0. The maximum Gasteiger partial charge on any atom is 0.415 e. The van der Waals surface area contributed by atoms with Crippen LogP contribution in [0.25, 0.3) is 0 Å². The highest BCUT2D eigenvalue weighted by molar-refractivity contribution is 5.72. The van der Waals surface area contributed by atoms with Gasteiger partial charge in [0, 0.05) is 38.7 Å². The van der Waals surface area contributed by atoms with Gasteiger partial charge < -0.3 is 29.0 Å². The summed E-state index contributed by atoms with van der Waals surface area (Å²) in [4.78, 5) is 25.1. The zero-order valence-electron chi connectivity index (χ0n) is 20.9. The number of ether oxygens (including phenoxy) is 4. The summed E-state index contributed by atoms with van der Waals surface area (Å²) in [5.41, 5.74) is 0.737. The molecule has 210 valence electrons. The second-order valence-corrected chi connectivity index (χ2v) is 8.12. The van der Waals surface area contributed by atoms with Gasteiger partial charge in [0.25, 0.3) is 0 Å². The van der Waals surface area contributed by atoms with E-state index in [-0.39, 0.29) is 58.1 Å². The van der Waals surface area contributed by atoms with E-state index in [4.69, 9.17) is 18.9 Å². The second kappa shape index (κ2) is 15.8. The van der Waals surface area contributed by atoms with Crippen LogP contribution in [0.5, 0.6) is 11.5 Å². The van der Waals surface area contributed by atoms with Gasteiger partial charge in [0.1, 0.15) is 23.9 Å². The van der Waals surface area contributed by atoms with Gasteiger partial charge in [-0.2, -0.15) is 13.2 Å². The van der Waals surface area contributed by atoms with E-state index in [0.29, 0.717) is 5.75 Å². The Morgan fingerprint density at radius 2 is 1.71 bits per heavy atom. The number of nitrogens with zero attached hydrogens (tertiary/aromatic N) is 1. The number of hydrogen-bond acceptors (Lipinski definition) is 6. The van der Waals surface area contributed by atoms with Crippen LogP contribution in [0.15, 0.2) is 48.5 Å². The number of carbonyl (C=O) groups is 2. The number of amides is 1. The molecule has 0 radical (unpaired) electrons. The SMILES string of the molecule is CCOC(Cc1ccc(OCCN(CCOCCCC(F)(F)F)C(=O)Oc2cccc(F)c2)cc1)C(=O)O. The summed E-state index contributed by atoms with van der Waals surface area (Å²) in [6.45, 7) is 1.93. The molecule has 0 saturated heterocycles. The lowest BCUT2D eigenvalue weighted by atomic mass is 10.1. The van der Waals surface area contributed by atoms with E-state index in [1.165, 1.54) is 23.1 Å². The fraction of sp³-hybridized carbons (Fsp3) is 0.462. The topological polar surface area (TPSA) is 94.5 Å². The third kappa shape index (κ3) is 12.2. The van der Waals surface area contributed by atoms with Crippen LogP contribution >= 0.6 is 0 Å². The monoisotopic (exact) mass is 545 g/mol. The molecule has 0 aliphatic rings. The first-order chi connectivity index (χ1) is 18.1. The molecule has 2 rings (SSSR count). The first kappa shape index (κ1) is 30.8. The Balaban J connectivity index is 1.89. The van der Waals surface area contributed by atoms with Crippen LogP contribution < -0.4 is 9.47 Å². The van der Waals surface area contributed by atoms with Crippen LogP contribution in [0, 0.1) is 5.82 Å². The van der Waals surface area contributed by atoms with Gasteiger partial charge in [0.15, 0.2) is 6.10 Å². The molecule has 1 unspecified atom stereocenters. The molecular weight excluding hydrogens is 514 g/mol. The molecule has 0 fully saturated rings. The molecule has 0 aliphatic heterocycles. The quantitative estimate of drug-likeness (QED) is 0.232. The number of carboxylic acid groups (broad SMARTS) is 1. The second-order valence-electron chi connectivity index (χ2n) is 8.12. The van der Waals surface area contributed by atoms with Crippen LogP contribution in [0.3, 0.4) is 0 Å². The Bertz CT molecular complexity index is 1000. The lowest BCUT2D eigenvalue weighted by Crippen LogP contribution is -2.39. The van der Waals surface area contributed by atoms with Crippen LogP contribution in [0.4, 0.5) is 22.4 Å². The maximum atomic E-state index is 13.4. The Hall–Kier alpha value is -3.38. The Labute approximate surface area is 218 Å². The molecule has 1 amide bonds. The Morgan fingerprint density at radius 3 is 2.34 bits per heavy atom. The molecule has 0 aliphatic carbocycles. The predicted octanol–water partition coefficient (Wildman–Crippen LogP) is 5.10. The van der Waals surface area contributed by atoms with E-state index in [2.05, 4.69) is 0 Å². The van der Waals surface area contributed by atoms with Gasteiger partial charge >= 0.3 is 18.2 Å². The fourth-order valence-corrected chi connectivity index (χ4v) is 3.27. The minimum Gasteiger partial charge on any atom is -0.492 e. The predicted molar refractivity (Wildman–Crippen MR) is 129 cm³/mol. The molecule has 0 saturated carbocycles. The molecule has 1 atom stereocenters. The van der Waals surface area contributed by atoms with Crippen molar-refractivity contribution in [2.24, 2.45) is 0 Å². The van der Waals surface area contributed by atoms with Gasteiger partial charge in [-0.1, -0.05) is 18.2 Å². The number of aliphatic carboxylic acids is 1. The summed E-state index contributed by atoms with van der Waals surface area (Å²) >= 11 is 0. The minimum atomic E-state index is -4.26. The van der Waals surface area contributed by atoms with Crippen molar-refractivity contribution < 1.29 is 51.2 Å². The van der Waals surface area contributed by atoms with Gasteiger partial charge in [-0.15, -0.1) is 0 Å². The highest BCUT2D eigenvalue weighted by Gasteiger charge is 2.26. The molecule has 0 bridgehead atoms. The molecule has 2 aromatic rings. The molecule has 0 spiro atoms. The fourth-order valence-electron chi connectivity index (χ4n) is 3.27.